The van der Waals surface area contributed by atoms with Gasteiger partial charge in [-0.1, -0.05) is 11.8 Å². The van der Waals surface area contributed by atoms with Gasteiger partial charge in [-0.05, 0) is 6.92 Å². The molecule has 0 radical (unpaired) electrons. The molecule has 0 atom stereocenters. The smallest absolute Gasteiger partial charge is 0.250 e. The highest BCUT2D eigenvalue weighted by Crippen LogP contribution is 2.27. The summed E-state index contributed by atoms with van der Waals surface area (Å²) in [7, 11) is -1.40. The van der Waals surface area contributed by atoms with Gasteiger partial charge in [0.05, 0.1) is 0 Å². The first-order valence-corrected chi connectivity index (χ1v) is 7.21. The molecule has 0 N–H and O–H groups in total. The Morgan fingerprint density at radius 1 is 1.41 bits per heavy atom. The average molecular weight is 341 g/mol. The van der Waals surface area contributed by atoms with Gasteiger partial charge in [0, 0.05) is 20.3 Å². The van der Waals surface area contributed by atoms with Crippen molar-refractivity contribution >= 4 is 16.1 Å². The number of halogens is 3. The van der Waals surface area contributed by atoms with Crippen molar-refractivity contribution in [3.05, 3.63) is 23.5 Å². The highest BCUT2D eigenvalue weighted by Gasteiger charge is 2.39. The Morgan fingerprint density at radius 2 is 1.95 bits per heavy atom. The van der Waals surface area contributed by atoms with Gasteiger partial charge in [-0.3, -0.25) is 0 Å². The van der Waals surface area contributed by atoms with Crippen molar-refractivity contribution in [3.8, 4) is 0 Å². The third kappa shape index (κ3) is 3.62. The predicted molar refractivity (Wildman–Crippen MR) is 70.4 cm³/mol. The molecule has 1 rings (SSSR count). The van der Waals surface area contributed by atoms with Crippen molar-refractivity contribution in [2.75, 3.05) is 20.6 Å². The summed E-state index contributed by atoms with van der Waals surface area (Å²) in [6.45, 7) is 2.79. The third-order valence-corrected chi connectivity index (χ3v) is 4.51. The number of amides is 2. The predicted octanol–water partition coefficient (Wildman–Crippen LogP) is 1.88. The Balaban J connectivity index is 3.34. The maximum Gasteiger partial charge on any atom is 0.408 e. The molecule has 0 spiro atoms. The number of sulfonamides is 1. The molecule has 1 aliphatic rings. The standard InChI is InChI=1S/C10H14F3N5O3S/c1-5-17-8(7(2)22(20,21)16(3)4)14-15-18(9(17)19)6-10(11,12)13/h5H,1,6H2,2-4H3/b8-7+. The van der Waals surface area contributed by atoms with E-state index in [-0.39, 0.29) is 9.91 Å². The Kier molecular flexibility index (Phi) is 4.97. The fourth-order valence-corrected chi connectivity index (χ4v) is 2.38. The summed E-state index contributed by atoms with van der Waals surface area (Å²) < 4.78 is 61.9. The molecule has 0 saturated heterocycles. The molecule has 124 valence electrons. The van der Waals surface area contributed by atoms with Gasteiger partial charge in [-0.15, -0.1) is 5.11 Å². The second-order valence-electron chi connectivity index (χ2n) is 4.36. The van der Waals surface area contributed by atoms with E-state index in [2.05, 4.69) is 16.9 Å². The molecule has 0 aromatic carbocycles. The number of carbonyl (C=O) groups is 1. The van der Waals surface area contributed by atoms with E-state index in [0.717, 1.165) is 17.4 Å². The zero-order valence-electron chi connectivity index (χ0n) is 12.0. The molecule has 0 saturated carbocycles. The summed E-state index contributed by atoms with van der Waals surface area (Å²) in [6, 6.07) is -1.20. The summed E-state index contributed by atoms with van der Waals surface area (Å²) in [6.07, 6.45) is -3.80. The SMILES string of the molecule is C=CN1C(=O)N(CC(F)(F)F)N=N/C1=C(/C)S(=O)(=O)N(C)C. The van der Waals surface area contributed by atoms with Crippen molar-refractivity contribution in [3.63, 3.8) is 0 Å². The van der Waals surface area contributed by atoms with Crippen LogP contribution in [-0.4, -0.2) is 55.5 Å². The number of alkyl halides is 3. The van der Waals surface area contributed by atoms with Crippen molar-refractivity contribution in [1.82, 2.24) is 14.2 Å². The van der Waals surface area contributed by atoms with Gasteiger partial charge in [0.25, 0.3) is 0 Å². The van der Waals surface area contributed by atoms with Crippen LogP contribution in [0.1, 0.15) is 6.92 Å². The van der Waals surface area contributed by atoms with Crippen LogP contribution in [0.2, 0.25) is 0 Å². The van der Waals surface area contributed by atoms with Crippen molar-refractivity contribution in [1.29, 1.82) is 0 Å². The van der Waals surface area contributed by atoms with E-state index in [9.17, 15) is 26.4 Å². The lowest BCUT2D eigenvalue weighted by molar-refractivity contribution is -0.142. The van der Waals surface area contributed by atoms with E-state index in [1.165, 1.54) is 14.1 Å². The second kappa shape index (κ2) is 6.04. The van der Waals surface area contributed by atoms with E-state index in [4.69, 9.17) is 0 Å². The van der Waals surface area contributed by atoms with Crippen LogP contribution in [0.3, 0.4) is 0 Å². The highest BCUT2D eigenvalue weighted by atomic mass is 32.2. The van der Waals surface area contributed by atoms with Gasteiger partial charge >= 0.3 is 12.2 Å². The largest absolute Gasteiger partial charge is 0.408 e. The summed E-state index contributed by atoms with van der Waals surface area (Å²) >= 11 is 0. The van der Waals surface area contributed by atoms with E-state index in [1.54, 1.807) is 0 Å². The maximum atomic E-state index is 12.3. The number of hydrogen-bond donors (Lipinski definition) is 0. The van der Waals surface area contributed by atoms with E-state index in [0.29, 0.717) is 4.90 Å². The molecular weight excluding hydrogens is 327 g/mol. The van der Waals surface area contributed by atoms with Gasteiger partial charge in [-0.2, -0.15) is 18.2 Å². The normalized spacial score (nSPS) is 19.0. The monoisotopic (exact) mass is 341 g/mol. The van der Waals surface area contributed by atoms with Crippen LogP contribution in [0.5, 0.6) is 0 Å². The quantitative estimate of drug-likeness (QED) is 0.782. The second-order valence-corrected chi connectivity index (χ2v) is 6.66. The number of hydrogen-bond acceptors (Lipinski definition) is 5. The molecule has 12 heteroatoms. The molecule has 0 aromatic heterocycles. The Bertz CT molecular complexity index is 639. The molecule has 0 unspecified atom stereocenters. The minimum atomic E-state index is -4.67. The first kappa shape index (κ1) is 18.1. The van der Waals surface area contributed by atoms with Crippen LogP contribution in [0.25, 0.3) is 0 Å². The van der Waals surface area contributed by atoms with Crippen molar-refractivity contribution in [2.24, 2.45) is 10.3 Å². The number of carbonyl (C=O) groups excluding carboxylic acids is 1. The van der Waals surface area contributed by atoms with Crippen LogP contribution in [0.4, 0.5) is 18.0 Å². The summed E-state index contributed by atoms with van der Waals surface area (Å²) in [5.74, 6) is -0.410. The Labute approximate surface area is 125 Å². The van der Waals surface area contributed by atoms with Crippen LogP contribution in [0.15, 0.2) is 33.8 Å². The third-order valence-electron chi connectivity index (χ3n) is 2.60. The number of urea groups is 1. The highest BCUT2D eigenvalue weighted by molar-refractivity contribution is 7.92. The topological polar surface area (TPSA) is 85.6 Å². The maximum absolute atomic E-state index is 12.3. The van der Waals surface area contributed by atoms with Gasteiger partial charge in [0.2, 0.25) is 10.0 Å². The molecule has 1 aliphatic heterocycles. The summed E-state index contributed by atoms with van der Waals surface area (Å²) in [5.41, 5.74) is 0. The van der Waals surface area contributed by atoms with Crippen LogP contribution in [0, 0.1) is 0 Å². The van der Waals surface area contributed by atoms with Gasteiger partial charge in [-0.25, -0.2) is 22.4 Å². The minimum absolute atomic E-state index is 0.0702. The molecule has 22 heavy (non-hydrogen) atoms. The van der Waals surface area contributed by atoms with E-state index < -0.39 is 34.6 Å². The zero-order chi connectivity index (χ0) is 17.3. The van der Waals surface area contributed by atoms with Crippen molar-refractivity contribution in [2.45, 2.75) is 13.1 Å². The zero-order valence-corrected chi connectivity index (χ0v) is 12.8. The molecule has 0 bridgehead atoms. The molecular formula is C10H14F3N5O3S. The number of allylic oxidation sites excluding steroid dienone is 1. The fraction of sp³-hybridized carbons (Fsp3) is 0.500. The van der Waals surface area contributed by atoms with E-state index in [1.807, 2.05) is 0 Å². The van der Waals surface area contributed by atoms with Gasteiger partial charge in [0.15, 0.2) is 5.82 Å². The van der Waals surface area contributed by atoms with Gasteiger partial charge < -0.3 is 0 Å². The number of rotatable bonds is 4. The minimum Gasteiger partial charge on any atom is -0.250 e. The lowest BCUT2D eigenvalue weighted by Crippen LogP contribution is -2.44. The lowest BCUT2D eigenvalue weighted by atomic mass is 10.5. The Morgan fingerprint density at radius 3 is 2.36 bits per heavy atom. The van der Waals surface area contributed by atoms with Crippen molar-refractivity contribution < 1.29 is 26.4 Å². The molecule has 1 heterocycles. The molecule has 0 aliphatic carbocycles. The molecule has 2 amide bonds. The number of nitrogens with zero attached hydrogens (tertiary/aromatic N) is 5. The average Bonchev–Trinajstić information content (AvgIpc) is 2.38. The first-order chi connectivity index (χ1) is 9.91. The molecule has 0 fully saturated rings. The lowest BCUT2D eigenvalue weighted by Gasteiger charge is -2.29. The van der Waals surface area contributed by atoms with Crippen LogP contribution >= 0.6 is 0 Å². The van der Waals surface area contributed by atoms with Gasteiger partial charge in [0.1, 0.15) is 11.4 Å². The first-order valence-electron chi connectivity index (χ1n) is 5.77. The summed E-state index contributed by atoms with van der Waals surface area (Å²) in [5, 5.41) is 6.60. The van der Waals surface area contributed by atoms with E-state index >= 15 is 0 Å². The van der Waals surface area contributed by atoms with Crippen LogP contribution < -0.4 is 0 Å². The fourth-order valence-electron chi connectivity index (χ4n) is 1.46. The Hall–Kier alpha value is -1.95. The molecule has 0 aromatic rings. The van der Waals surface area contributed by atoms with Crippen LogP contribution in [-0.2, 0) is 10.0 Å². The molecule has 8 nitrogen and oxygen atoms in total. The summed E-state index contributed by atoms with van der Waals surface area (Å²) in [4.78, 5) is 12.2.